The van der Waals surface area contributed by atoms with Crippen molar-refractivity contribution in [3.8, 4) is 5.82 Å². The van der Waals surface area contributed by atoms with Crippen molar-refractivity contribution in [2.24, 2.45) is 5.73 Å². The maximum Gasteiger partial charge on any atom is 0.241 e. The van der Waals surface area contributed by atoms with Crippen LogP contribution >= 0.6 is 24.8 Å². The number of hydrogen-bond acceptors (Lipinski definition) is 4. The normalized spacial score (nSPS) is 10.9. The van der Waals surface area contributed by atoms with Gasteiger partial charge in [0, 0.05) is 18.6 Å². The number of carbonyl (C=O) groups is 1. The topological polar surface area (TPSA) is 85.8 Å². The molecular weight excluding hydrogens is 301 g/mol. The number of pyridine rings is 1. The molecular formula is C12H17Cl2N5O. The van der Waals surface area contributed by atoms with E-state index in [0.29, 0.717) is 11.5 Å². The molecule has 1 amide bonds. The Bertz CT molecular complexity index is 570. The smallest absolute Gasteiger partial charge is 0.241 e. The number of nitrogens with zero attached hydrogens (tertiary/aromatic N) is 3. The minimum absolute atomic E-state index is 0. The Morgan fingerprint density at radius 2 is 2.05 bits per heavy atom. The summed E-state index contributed by atoms with van der Waals surface area (Å²) in [6, 6.07) is 2.97. The molecule has 1 unspecified atom stereocenters. The summed E-state index contributed by atoms with van der Waals surface area (Å²) in [5.74, 6) is 1.17. The number of anilines is 1. The number of nitrogens with one attached hydrogen (secondary N) is 1. The standard InChI is InChI=1S/C12H15N5O.2ClH/c1-8(13)12(18)16-10-4-3-5-15-11(10)17-7-6-14-9(17)2;;/h3-8H,13H2,1-2H3,(H,16,18);2*1H. The van der Waals surface area contributed by atoms with Crippen molar-refractivity contribution >= 4 is 36.4 Å². The van der Waals surface area contributed by atoms with Crippen molar-refractivity contribution in [1.82, 2.24) is 14.5 Å². The molecule has 0 fully saturated rings. The summed E-state index contributed by atoms with van der Waals surface area (Å²) in [4.78, 5) is 20.0. The van der Waals surface area contributed by atoms with Crippen molar-refractivity contribution < 1.29 is 4.79 Å². The third-order valence-corrected chi connectivity index (χ3v) is 2.51. The van der Waals surface area contributed by atoms with Gasteiger partial charge in [0.05, 0.1) is 11.7 Å². The summed E-state index contributed by atoms with van der Waals surface area (Å²) >= 11 is 0. The molecule has 3 N–H and O–H groups in total. The van der Waals surface area contributed by atoms with Crippen molar-refractivity contribution in [2.45, 2.75) is 19.9 Å². The van der Waals surface area contributed by atoms with Gasteiger partial charge in [-0.1, -0.05) is 0 Å². The highest BCUT2D eigenvalue weighted by atomic mass is 35.5. The fraction of sp³-hybridized carbons (Fsp3) is 0.250. The number of hydrogen-bond donors (Lipinski definition) is 2. The molecule has 0 spiro atoms. The van der Waals surface area contributed by atoms with Crippen LogP contribution in [-0.2, 0) is 4.79 Å². The summed E-state index contributed by atoms with van der Waals surface area (Å²) in [7, 11) is 0. The number of halogens is 2. The number of carbonyl (C=O) groups excluding carboxylic acids is 1. The molecule has 2 aromatic rings. The molecule has 2 aromatic heterocycles. The van der Waals surface area contributed by atoms with E-state index in [1.807, 2.05) is 6.92 Å². The van der Waals surface area contributed by atoms with E-state index in [2.05, 4.69) is 15.3 Å². The van der Waals surface area contributed by atoms with Crippen LogP contribution in [0.15, 0.2) is 30.7 Å². The van der Waals surface area contributed by atoms with E-state index in [-0.39, 0.29) is 30.7 Å². The zero-order valence-corrected chi connectivity index (χ0v) is 12.7. The summed E-state index contributed by atoms with van der Waals surface area (Å²) < 4.78 is 1.80. The molecule has 0 aromatic carbocycles. The zero-order valence-electron chi connectivity index (χ0n) is 11.1. The molecule has 110 valence electrons. The highest BCUT2D eigenvalue weighted by Crippen LogP contribution is 2.18. The zero-order chi connectivity index (χ0) is 13.1. The number of aromatic nitrogens is 3. The number of amides is 1. The number of rotatable bonds is 3. The minimum Gasteiger partial charge on any atom is -0.322 e. The highest BCUT2D eigenvalue weighted by molar-refractivity contribution is 5.95. The Labute approximate surface area is 129 Å². The summed E-state index contributed by atoms with van der Waals surface area (Å²) in [5.41, 5.74) is 6.14. The first-order valence-electron chi connectivity index (χ1n) is 5.61. The monoisotopic (exact) mass is 317 g/mol. The number of nitrogens with two attached hydrogens (primary N) is 1. The molecule has 20 heavy (non-hydrogen) atoms. The van der Waals surface area contributed by atoms with Gasteiger partial charge in [-0.3, -0.25) is 9.36 Å². The molecule has 0 aliphatic carbocycles. The first kappa shape index (κ1) is 18.4. The second kappa shape index (κ2) is 7.84. The second-order valence-corrected chi connectivity index (χ2v) is 4.00. The Kier molecular flexibility index (Phi) is 7.20. The van der Waals surface area contributed by atoms with Gasteiger partial charge in [-0.25, -0.2) is 9.97 Å². The van der Waals surface area contributed by atoms with Gasteiger partial charge in [-0.05, 0) is 26.0 Å². The summed E-state index contributed by atoms with van der Waals surface area (Å²) in [6.07, 6.45) is 5.14. The van der Waals surface area contributed by atoms with E-state index < -0.39 is 6.04 Å². The molecule has 0 saturated heterocycles. The number of aryl methyl sites for hydroxylation is 1. The molecule has 8 heteroatoms. The fourth-order valence-corrected chi connectivity index (χ4v) is 1.53. The van der Waals surface area contributed by atoms with E-state index in [1.165, 1.54) is 0 Å². The molecule has 1 atom stereocenters. The largest absolute Gasteiger partial charge is 0.322 e. The Morgan fingerprint density at radius 3 is 2.60 bits per heavy atom. The lowest BCUT2D eigenvalue weighted by atomic mass is 10.3. The molecule has 6 nitrogen and oxygen atoms in total. The average molecular weight is 318 g/mol. The molecule has 2 rings (SSSR count). The Hall–Kier alpha value is -1.63. The number of imidazole rings is 1. The van der Waals surface area contributed by atoms with Crippen molar-refractivity contribution in [1.29, 1.82) is 0 Å². The maximum atomic E-state index is 11.6. The van der Waals surface area contributed by atoms with Gasteiger partial charge in [0.15, 0.2) is 5.82 Å². The van der Waals surface area contributed by atoms with Crippen LogP contribution in [0.2, 0.25) is 0 Å². The third kappa shape index (κ3) is 3.93. The van der Waals surface area contributed by atoms with E-state index in [9.17, 15) is 4.79 Å². The van der Waals surface area contributed by atoms with Gasteiger partial charge in [0.2, 0.25) is 5.91 Å². The van der Waals surface area contributed by atoms with Crippen LogP contribution in [0.3, 0.4) is 0 Å². The van der Waals surface area contributed by atoms with Gasteiger partial charge in [-0.15, -0.1) is 24.8 Å². The van der Waals surface area contributed by atoms with Crippen molar-refractivity contribution in [2.75, 3.05) is 5.32 Å². The van der Waals surface area contributed by atoms with E-state index in [4.69, 9.17) is 5.73 Å². The van der Waals surface area contributed by atoms with Crippen LogP contribution < -0.4 is 11.1 Å². The average Bonchev–Trinajstić information content (AvgIpc) is 2.76. The van der Waals surface area contributed by atoms with Gasteiger partial charge in [0.25, 0.3) is 0 Å². The van der Waals surface area contributed by atoms with Crippen LogP contribution in [0.5, 0.6) is 0 Å². The molecule has 0 saturated carbocycles. The Balaban J connectivity index is 0.00000180. The lowest BCUT2D eigenvalue weighted by molar-refractivity contribution is -0.117. The second-order valence-electron chi connectivity index (χ2n) is 4.00. The SMILES string of the molecule is Cc1nccn1-c1ncccc1NC(=O)C(C)N.Cl.Cl. The van der Waals surface area contributed by atoms with E-state index >= 15 is 0 Å². The lowest BCUT2D eigenvalue weighted by Gasteiger charge is -2.12. The molecule has 0 radical (unpaired) electrons. The van der Waals surface area contributed by atoms with Crippen molar-refractivity contribution in [3.05, 3.63) is 36.5 Å². The minimum atomic E-state index is -0.568. The van der Waals surface area contributed by atoms with Crippen LogP contribution in [0.4, 0.5) is 5.69 Å². The summed E-state index contributed by atoms with van der Waals surface area (Å²) in [6.45, 7) is 3.50. The molecule has 0 aliphatic heterocycles. The van der Waals surface area contributed by atoms with Gasteiger partial charge in [-0.2, -0.15) is 0 Å². The van der Waals surface area contributed by atoms with Crippen LogP contribution in [0.25, 0.3) is 5.82 Å². The Morgan fingerprint density at radius 1 is 1.35 bits per heavy atom. The predicted octanol–water partition coefficient (Wildman–Crippen LogP) is 1.71. The maximum absolute atomic E-state index is 11.6. The quantitative estimate of drug-likeness (QED) is 0.902. The molecule has 0 bridgehead atoms. The summed E-state index contributed by atoms with van der Waals surface area (Å²) in [5, 5.41) is 2.75. The predicted molar refractivity (Wildman–Crippen MR) is 82.9 cm³/mol. The lowest BCUT2D eigenvalue weighted by Crippen LogP contribution is -2.32. The van der Waals surface area contributed by atoms with Crippen molar-refractivity contribution in [3.63, 3.8) is 0 Å². The van der Waals surface area contributed by atoms with Gasteiger partial charge in [0.1, 0.15) is 5.82 Å². The first-order chi connectivity index (χ1) is 8.59. The molecule has 0 aliphatic rings. The van der Waals surface area contributed by atoms with E-state index in [0.717, 1.165) is 5.82 Å². The molecule has 2 heterocycles. The van der Waals surface area contributed by atoms with E-state index in [1.54, 1.807) is 42.2 Å². The van der Waals surface area contributed by atoms with Crippen LogP contribution in [0.1, 0.15) is 12.7 Å². The highest BCUT2D eigenvalue weighted by Gasteiger charge is 2.12. The van der Waals surface area contributed by atoms with Gasteiger partial charge >= 0.3 is 0 Å². The first-order valence-corrected chi connectivity index (χ1v) is 5.61. The van der Waals surface area contributed by atoms with Gasteiger partial charge < -0.3 is 11.1 Å². The van der Waals surface area contributed by atoms with Crippen LogP contribution in [-0.4, -0.2) is 26.5 Å². The third-order valence-electron chi connectivity index (χ3n) is 2.51. The fourth-order valence-electron chi connectivity index (χ4n) is 1.53. The van der Waals surface area contributed by atoms with Crippen LogP contribution in [0, 0.1) is 6.92 Å².